The van der Waals surface area contributed by atoms with Gasteiger partial charge in [0.05, 0.1) is 16.7 Å². The molecule has 10 aromatic carbocycles. The van der Waals surface area contributed by atoms with E-state index in [1.165, 1.54) is 10.8 Å². The molecular formula is C58H37N3O2. The van der Waals surface area contributed by atoms with Gasteiger partial charge in [-0.05, 0) is 115 Å². The van der Waals surface area contributed by atoms with Gasteiger partial charge in [-0.15, -0.1) is 0 Å². The van der Waals surface area contributed by atoms with Crippen molar-refractivity contribution in [1.29, 1.82) is 0 Å². The third kappa shape index (κ3) is 5.64. The third-order valence-electron chi connectivity index (χ3n) is 12.5. The molecule has 0 atom stereocenters. The van der Waals surface area contributed by atoms with E-state index in [4.69, 9.17) is 8.83 Å². The minimum atomic E-state index is 0.874. The number of fused-ring (bicyclic) bond motifs is 10. The second-order valence-corrected chi connectivity index (χ2v) is 16.1. The summed E-state index contributed by atoms with van der Waals surface area (Å²) in [6.45, 7) is 0. The summed E-state index contributed by atoms with van der Waals surface area (Å²) in [7, 11) is 0. The second kappa shape index (κ2) is 14.0. The fourth-order valence-electron chi connectivity index (χ4n) is 9.70. The molecule has 0 aliphatic rings. The van der Waals surface area contributed by atoms with Crippen molar-refractivity contribution in [3.8, 4) is 5.69 Å². The van der Waals surface area contributed by atoms with Gasteiger partial charge in [0, 0.05) is 71.8 Å². The summed E-state index contributed by atoms with van der Waals surface area (Å²) in [6.07, 6.45) is 0. The standard InChI is InChI=1S/C58H37N3O2/c1-3-16-39(17-4-1)59(44-29-31-46-45-22-7-10-25-52(45)61(54(46)36-44)43-30-32-57-51(35-43)48-24-9-11-27-55(48)62-57)41-20-14-21-42(34-41)60(40-18-5-2-6-19-40)53-26-13-15-38-33-50-47-23-8-12-28-56(47)63-58(50)37-49(38)53/h1-37H. The van der Waals surface area contributed by atoms with E-state index in [9.17, 15) is 0 Å². The van der Waals surface area contributed by atoms with Gasteiger partial charge in [-0.3, -0.25) is 0 Å². The third-order valence-corrected chi connectivity index (χ3v) is 12.5. The summed E-state index contributed by atoms with van der Waals surface area (Å²) in [6, 6.07) is 79.9. The molecule has 0 bridgehead atoms. The van der Waals surface area contributed by atoms with E-state index < -0.39 is 0 Å². The zero-order chi connectivity index (χ0) is 41.4. The first-order valence-electron chi connectivity index (χ1n) is 21.3. The van der Waals surface area contributed by atoms with Crippen LogP contribution >= 0.6 is 0 Å². The highest BCUT2D eigenvalue weighted by atomic mass is 16.3. The molecule has 0 N–H and O–H groups in total. The van der Waals surface area contributed by atoms with Crippen LogP contribution in [0.2, 0.25) is 0 Å². The van der Waals surface area contributed by atoms with Gasteiger partial charge in [0.15, 0.2) is 0 Å². The van der Waals surface area contributed by atoms with Crippen LogP contribution in [0.5, 0.6) is 0 Å². The van der Waals surface area contributed by atoms with Crippen LogP contribution in [0, 0.1) is 0 Å². The quantitative estimate of drug-likeness (QED) is 0.161. The van der Waals surface area contributed by atoms with Gasteiger partial charge in [-0.25, -0.2) is 0 Å². The van der Waals surface area contributed by atoms with Gasteiger partial charge in [0.2, 0.25) is 0 Å². The molecule has 0 radical (unpaired) electrons. The van der Waals surface area contributed by atoms with Crippen LogP contribution in [0.4, 0.5) is 34.1 Å². The maximum atomic E-state index is 6.44. The normalized spacial score (nSPS) is 11.8. The largest absolute Gasteiger partial charge is 0.456 e. The maximum Gasteiger partial charge on any atom is 0.136 e. The Bertz CT molecular complexity index is 3880. The summed E-state index contributed by atoms with van der Waals surface area (Å²) in [5, 5.41) is 9.12. The summed E-state index contributed by atoms with van der Waals surface area (Å²) >= 11 is 0. The highest BCUT2D eigenvalue weighted by Gasteiger charge is 2.22. The van der Waals surface area contributed by atoms with Crippen LogP contribution < -0.4 is 9.80 Å². The van der Waals surface area contributed by atoms with Gasteiger partial charge in [-0.2, -0.15) is 0 Å². The summed E-state index contributed by atoms with van der Waals surface area (Å²) < 4.78 is 15.1. The number of aromatic nitrogens is 1. The molecule has 5 heteroatoms. The average Bonchev–Trinajstić information content (AvgIpc) is 4.01. The number of benzene rings is 10. The number of furan rings is 2. The van der Waals surface area contributed by atoms with Crippen molar-refractivity contribution < 1.29 is 8.83 Å². The SMILES string of the molecule is c1ccc(N(c2cccc(N(c3ccccc3)c3cccc4cc5c(cc34)oc3ccccc35)c2)c2ccc3c4ccccc4n(-c4ccc5oc6ccccc6c5c4)c3c2)cc1. The Labute approximate surface area is 362 Å². The molecular weight excluding hydrogens is 771 g/mol. The Morgan fingerprint density at radius 1 is 0.286 bits per heavy atom. The molecule has 0 amide bonds. The number of hydrogen-bond acceptors (Lipinski definition) is 4. The molecule has 0 aliphatic carbocycles. The van der Waals surface area contributed by atoms with Gasteiger partial charge < -0.3 is 23.2 Å². The molecule has 3 heterocycles. The molecule has 13 rings (SSSR count). The van der Waals surface area contributed by atoms with Crippen molar-refractivity contribution in [3.63, 3.8) is 0 Å². The molecule has 296 valence electrons. The van der Waals surface area contributed by atoms with Gasteiger partial charge >= 0.3 is 0 Å². The molecule has 0 spiro atoms. The van der Waals surface area contributed by atoms with Crippen molar-refractivity contribution in [2.75, 3.05) is 9.80 Å². The fourth-order valence-corrected chi connectivity index (χ4v) is 9.70. The predicted molar refractivity (Wildman–Crippen MR) is 262 cm³/mol. The molecule has 0 aliphatic heterocycles. The minimum absolute atomic E-state index is 0.874. The summed E-state index contributed by atoms with van der Waals surface area (Å²) in [5.41, 5.74) is 13.2. The number of para-hydroxylation sites is 5. The first-order valence-corrected chi connectivity index (χ1v) is 21.3. The fraction of sp³-hybridized carbons (Fsp3) is 0. The van der Waals surface area contributed by atoms with Gasteiger partial charge in [0.25, 0.3) is 0 Å². The Morgan fingerprint density at radius 2 is 0.841 bits per heavy atom. The van der Waals surface area contributed by atoms with Crippen molar-refractivity contribution in [2.45, 2.75) is 0 Å². The Balaban J connectivity index is 1.00. The van der Waals surface area contributed by atoms with E-state index >= 15 is 0 Å². The minimum Gasteiger partial charge on any atom is -0.456 e. The van der Waals surface area contributed by atoms with Crippen LogP contribution in [0.1, 0.15) is 0 Å². The lowest BCUT2D eigenvalue weighted by molar-refractivity contribution is 0.668. The number of nitrogens with zero attached hydrogens (tertiary/aromatic N) is 3. The summed E-state index contributed by atoms with van der Waals surface area (Å²) in [5.74, 6) is 0. The molecule has 0 saturated heterocycles. The molecule has 3 aromatic heterocycles. The first kappa shape index (κ1) is 35.2. The molecule has 0 unspecified atom stereocenters. The van der Waals surface area contributed by atoms with Gasteiger partial charge in [0.1, 0.15) is 22.3 Å². The van der Waals surface area contributed by atoms with Crippen LogP contribution in [-0.2, 0) is 0 Å². The zero-order valence-corrected chi connectivity index (χ0v) is 34.0. The highest BCUT2D eigenvalue weighted by molar-refractivity contribution is 6.14. The number of rotatable bonds is 7. The second-order valence-electron chi connectivity index (χ2n) is 16.1. The molecule has 63 heavy (non-hydrogen) atoms. The summed E-state index contributed by atoms with van der Waals surface area (Å²) in [4.78, 5) is 4.72. The van der Waals surface area contributed by atoms with Crippen LogP contribution in [-0.4, -0.2) is 4.57 Å². The number of anilines is 6. The van der Waals surface area contributed by atoms with Crippen molar-refractivity contribution in [2.24, 2.45) is 0 Å². The van der Waals surface area contributed by atoms with Crippen molar-refractivity contribution >= 4 is 111 Å². The zero-order valence-electron chi connectivity index (χ0n) is 34.0. The Kier molecular flexibility index (Phi) is 7.84. The molecule has 0 saturated carbocycles. The lowest BCUT2D eigenvalue weighted by Gasteiger charge is -2.30. The Morgan fingerprint density at radius 3 is 1.60 bits per heavy atom. The maximum absolute atomic E-state index is 6.44. The van der Waals surface area contributed by atoms with Crippen LogP contribution in [0.15, 0.2) is 233 Å². The van der Waals surface area contributed by atoms with E-state index in [1.807, 2.05) is 24.3 Å². The van der Waals surface area contributed by atoms with Crippen molar-refractivity contribution in [3.05, 3.63) is 224 Å². The predicted octanol–water partition coefficient (Wildman–Crippen LogP) is 16.7. The van der Waals surface area contributed by atoms with Crippen LogP contribution in [0.25, 0.3) is 82.1 Å². The Hall–Kier alpha value is -8.54. The monoisotopic (exact) mass is 807 g/mol. The van der Waals surface area contributed by atoms with E-state index in [-0.39, 0.29) is 0 Å². The smallest absolute Gasteiger partial charge is 0.136 e. The van der Waals surface area contributed by atoms with E-state index in [0.29, 0.717) is 0 Å². The van der Waals surface area contributed by atoms with Gasteiger partial charge in [-0.1, -0.05) is 115 Å². The first-order chi connectivity index (χ1) is 31.2. The van der Waals surface area contributed by atoms with E-state index in [1.54, 1.807) is 0 Å². The molecule has 13 aromatic rings. The van der Waals surface area contributed by atoms with E-state index in [0.717, 1.165) is 105 Å². The lowest BCUT2D eigenvalue weighted by Crippen LogP contribution is -2.13. The van der Waals surface area contributed by atoms with Crippen LogP contribution in [0.3, 0.4) is 0 Å². The van der Waals surface area contributed by atoms with Crippen molar-refractivity contribution in [1.82, 2.24) is 4.57 Å². The topological polar surface area (TPSA) is 37.7 Å². The lowest BCUT2D eigenvalue weighted by atomic mass is 10.0. The molecule has 5 nitrogen and oxygen atoms in total. The van der Waals surface area contributed by atoms with E-state index in [2.05, 4.69) is 215 Å². The molecule has 0 fully saturated rings. The average molecular weight is 808 g/mol. The highest BCUT2D eigenvalue weighted by Crippen LogP contribution is 2.45. The number of hydrogen-bond donors (Lipinski definition) is 0.